The number of benzene rings is 4. The van der Waals surface area contributed by atoms with Gasteiger partial charge in [0.05, 0.1) is 27.7 Å². The van der Waals surface area contributed by atoms with Gasteiger partial charge >= 0.3 is 0 Å². The minimum absolute atomic E-state index is 0.000587. The molecule has 2 heterocycles. The fourth-order valence-electron chi connectivity index (χ4n) is 7.83. The molecular weight excluding hydrogens is 780 g/mol. The number of H-pyrrole nitrogens is 1. The number of piperazine rings is 1. The monoisotopic (exact) mass is 826 g/mol. The van der Waals surface area contributed by atoms with Crippen LogP contribution in [-0.2, 0) is 14.8 Å². The van der Waals surface area contributed by atoms with Crippen LogP contribution >= 0.6 is 11.6 Å². The summed E-state index contributed by atoms with van der Waals surface area (Å²) in [6.45, 7) is 9.66. The van der Waals surface area contributed by atoms with E-state index in [1.54, 1.807) is 12.1 Å². The molecule has 1 saturated heterocycles. The number of allylic oxidation sites excluding steroid dienone is 2. The van der Waals surface area contributed by atoms with Crippen molar-refractivity contribution in [2.75, 3.05) is 56.7 Å². The SMILES string of the molecule is COCCNc1ccc(S(=O)(=O)NC(=O)c2cc(C3=C(c4ccc(Cl)cc4)CC(C)(C)CC3)c(C)c(N3CCNCC3)c2Oc2ccc3[nH]ccc3c2)cc1[N+](=O)[O-]. The molecule has 1 fully saturated rings. The number of aromatic nitrogens is 1. The highest BCUT2D eigenvalue weighted by molar-refractivity contribution is 7.90. The number of methoxy groups -OCH3 is 1. The van der Waals surface area contributed by atoms with Crippen molar-refractivity contribution in [1.29, 1.82) is 0 Å². The van der Waals surface area contributed by atoms with Gasteiger partial charge in [0, 0.05) is 68.0 Å². The van der Waals surface area contributed by atoms with E-state index in [1.807, 2.05) is 55.6 Å². The number of ether oxygens (including phenoxy) is 2. The number of anilines is 2. The van der Waals surface area contributed by atoms with Crippen LogP contribution in [0.4, 0.5) is 17.1 Å². The normalized spacial score (nSPS) is 15.7. The highest BCUT2D eigenvalue weighted by Gasteiger charge is 2.34. The molecule has 0 bridgehead atoms. The molecular formula is C43H47ClN6O7S. The number of hydrogen-bond acceptors (Lipinski definition) is 10. The van der Waals surface area contributed by atoms with Gasteiger partial charge in [-0.25, -0.2) is 13.1 Å². The van der Waals surface area contributed by atoms with Gasteiger partial charge < -0.3 is 30.0 Å². The Morgan fingerprint density at radius 1 is 1.02 bits per heavy atom. The maximum Gasteiger partial charge on any atom is 0.293 e. The first-order chi connectivity index (χ1) is 27.7. The smallest absolute Gasteiger partial charge is 0.293 e. The van der Waals surface area contributed by atoms with E-state index in [1.165, 1.54) is 19.2 Å². The molecule has 304 valence electrons. The Morgan fingerprint density at radius 2 is 1.78 bits per heavy atom. The molecule has 7 rings (SSSR count). The number of hydrogen-bond donors (Lipinski definition) is 4. The van der Waals surface area contributed by atoms with Crippen LogP contribution in [0.2, 0.25) is 5.02 Å². The van der Waals surface area contributed by atoms with Crippen LogP contribution in [0.1, 0.15) is 60.2 Å². The number of nitro benzene ring substituents is 1. The predicted molar refractivity (Wildman–Crippen MR) is 229 cm³/mol. The van der Waals surface area contributed by atoms with Crippen LogP contribution < -0.4 is 25.0 Å². The topological polar surface area (TPSA) is 168 Å². The number of amides is 1. The van der Waals surface area contributed by atoms with Gasteiger partial charge in [-0.15, -0.1) is 0 Å². The van der Waals surface area contributed by atoms with Gasteiger partial charge in [0.15, 0.2) is 5.75 Å². The van der Waals surface area contributed by atoms with Gasteiger partial charge in [-0.1, -0.05) is 37.6 Å². The van der Waals surface area contributed by atoms with E-state index >= 15 is 0 Å². The zero-order valence-corrected chi connectivity index (χ0v) is 34.5. The number of carbonyl (C=O) groups is 1. The van der Waals surface area contributed by atoms with E-state index in [-0.39, 0.29) is 35.6 Å². The maximum absolute atomic E-state index is 14.8. The zero-order chi connectivity index (χ0) is 41.2. The van der Waals surface area contributed by atoms with Crippen molar-refractivity contribution in [2.45, 2.75) is 44.9 Å². The van der Waals surface area contributed by atoms with Gasteiger partial charge in [0.2, 0.25) is 0 Å². The number of aromatic amines is 1. The summed E-state index contributed by atoms with van der Waals surface area (Å²) in [4.78, 5) is 31.1. The van der Waals surface area contributed by atoms with Gasteiger partial charge in [-0.3, -0.25) is 14.9 Å². The standard InChI is InChI=1S/C43H47ClN6O7S/c1-27-34(33-13-15-43(2,3)26-36(33)28-5-7-30(44)8-6-28)25-35(42(51)48-58(54,55)32-10-12-38(47-19-22-56-4)39(24-32)50(52)53)41(40(27)49-20-17-45-18-21-49)57-31-9-11-37-29(23-31)14-16-46-37/h5-12,14,16,23-25,45-47H,13,15,17-22,26H2,1-4H3,(H,48,51). The average Bonchev–Trinajstić information content (AvgIpc) is 3.67. The van der Waals surface area contributed by atoms with Crippen LogP contribution in [-0.4, -0.2) is 70.7 Å². The Kier molecular flexibility index (Phi) is 11.8. The van der Waals surface area contributed by atoms with Crippen LogP contribution in [0.25, 0.3) is 22.0 Å². The number of fused-ring (bicyclic) bond motifs is 1. The Hall–Kier alpha value is -5.41. The largest absolute Gasteiger partial charge is 0.454 e. The molecule has 15 heteroatoms. The summed E-state index contributed by atoms with van der Waals surface area (Å²) in [5.41, 5.74) is 6.16. The van der Waals surface area contributed by atoms with Gasteiger partial charge in [0.25, 0.3) is 21.6 Å². The molecule has 1 amide bonds. The van der Waals surface area contributed by atoms with E-state index in [4.69, 9.17) is 21.1 Å². The lowest BCUT2D eigenvalue weighted by atomic mass is 9.70. The Labute approximate surface area is 343 Å². The molecule has 1 aliphatic carbocycles. The molecule has 0 spiro atoms. The molecule has 58 heavy (non-hydrogen) atoms. The van der Waals surface area contributed by atoms with Crippen molar-refractivity contribution in [2.24, 2.45) is 5.41 Å². The zero-order valence-electron chi connectivity index (χ0n) is 32.9. The summed E-state index contributed by atoms with van der Waals surface area (Å²) in [7, 11) is -3.14. The number of carbonyl (C=O) groups excluding carboxylic acids is 1. The summed E-state index contributed by atoms with van der Waals surface area (Å²) >= 11 is 6.33. The number of halogens is 1. The third-order valence-electron chi connectivity index (χ3n) is 10.8. The number of sulfonamides is 1. The minimum atomic E-state index is -4.64. The quantitative estimate of drug-likeness (QED) is 0.0513. The molecule has 0 unspecified atom stereocenters. The molecule has 5 aromatic rings. The van der Waals surface area contributed by atoms with Gasteiger partial charge in [-0.05, 0) is 114 Å². The van der Waals surface area contributed by atoms with Crippen molar-refractivity contribution in [3.63, 3.8) is 0 Å². The third kappa shape index (κ3) is 8.70. The molecule has 4 aromatic carbocycles. The van der Waals surface area contributed by atoms with Gasteiger partial charge in [0.1, 0.15) is 11.4 Å². The molecule has 0 saturated carbocycles. The number of nitro groups is 1. The molecule has 1 aromatic heterocycles. The lowest BCUT2D eigenvalue weighted by Crippen LogP contribution is -2.44. The second-order valence-electron chi connectivity index (χ2n) is 15.4. The summed E-state index contributed by atoms with van der Waals surface area (Å²) in [6.07, 6.45) is 4.20. The number of rotatable bonds is 13. The van der Waals surface area contributed by atoms with Crippen LogP contribution in [0.15, 0.2) is 83.9 Å². The highest BCUT2D eigenvalue weighted by Crippen LogP contribution is 2.50. The molecule has 4 N–H and O–H groups in total. The van der Waals surface area contributed by atoms with Crippen molar-refractivity contribution in [3.8, 4) is 11.5 Å². The number of nitrogens with zero attached hydrogens (tertiary/aromatic N) is 2. The Morgan fingerprint density at radius 3 is 2.50 bits per heavy atom. The molecule has 2 aliphatic rings. The highest BCUT2D eigenvalue weighted by atomic mass is 35.5. The maximum atomic E-state index is 14.8. The van der Waals surface area contributed by atoms with Gasteiger partial charge in [-0.2, -0.15) is 0 Å². The third-order valence-corrected chi connectivity index (χ3v) is 12.4. The summed E-state index contributed by atoms with van der Waals surface area (Å²) < 4.78 is 42.1. The lowest BCUT2D eigenvalue weighted by Gasteiger charge is -2.36. The second-order valence-corrected chi connectivity index (χ2v) is 17.6. The lowest BCUT2D eigenvalue weighted by molar-refractivity contribution is -0.384. The Balaban J connectivity index is 1.41. The summed E-state index contributed by atoms with van der Waals surface area (Å²) in [6, 6.07) is 20.4. The minimum Gasteiger partial charge on any atom is -0.454 e. The van der Waals surface area contributed by atoms with E-state index in [2.05, 4.69) is 39.1 Å². The summed E-state index contributed by atoms with van der Waals surface area (Å²) in [5, 5.41) is 19.9. The van der Waals surface area contributed by atoms with E-state index in [0.717, 1.165) is 57.6 Å². The summed E-state index contributed by atoms with van der Waals surface area (Å²) in [5.74, 6) is -0.274. The van der Waals surface area contributed by atoms with Crippen LogP contribution in [0.5, 0.6) is 11.5 Å². The fourth-order valence-corrected chi connectivity index (χ4v) is 8.94. The second kappa shape index (κ2) is 16.8. The van der Waals surface area contributed by atoms with Crippen molar-refractivity contribution in [3.05, 3.63) is 116 Å². The van der Waals surface area contributed by atoms with Crippen molar-refractivity contribution in [1.82, 2.24) is 15.0 Å². The van der Waals surface area contributed by atoms with E-state index < -0.39 is 31.4 Å². The first-order valence-electron chi connectivity index (χ1n) is 19.2. The predicted octanol–water partition coefficient (Wildman–Crippen LogP) is 8.54. The van der Waals surface area contributed by atoms with E-state index in [9.17, 15) is 23.3 Å². The molecule has 0 atom stereocenters. The molecule has 0 radical (unpaired) electrons. The molecule has 1 aliphatic heterocycles. The fraction of sp³-hybridized carbons (Fsp3) is 0.326. The first-order valence-corrected chi connectivity index (χ1v) is 21.1. The van der Waals surface area contributed by atoms with E-state index in [0.29, 0.717) is 49.1 Å². The molecule has 13 nitrogen and oxygen atoms in total. The van der Waals surface area contributed by atoms with Crippen LogP contribution in [0.3, 0.4) is 0 Å². The first kappa shape index (κ1) is 40.8. The average molecular weight is 827 g/mol. The van der Waals surface area contributed by atoms with Crippen LogP contribution in [0, 0.1) is 22.5 Å². The van der Waals surface area contributed by atoms with Crippen molar-refractivity contribution >= 4 is 66.6 Å². The number of nitrogens with one attached hydrogen (secondary N) is 4. The van der Waals surface area contributed by atoms with Crippen molar-refractivity contribution < 1.29 is 27.6 Å². The Bertz CT molecular complexity index is 2510.